The van der Waals surface area contributed by atoms with Crippen molar-refractivity contribution in [2.75, 3.05) is 27.6 Å². The van der Waals surface area contributed by atoms with Gasteiger partial charge in [-0.3, -0.25) is 4.79 Å². The lowest BCUT2D eigenvalue weighted by Crippen LogP contribution is -2.44. The van der Waals surface area contributed by atoms with Crippen molar-refractivity contribution in [3.63, 3.8) is 0 Å². The summed E-state index contributed by atoms with van der Waals surface area (Å²) in [6.07, 6.45) is -0.417. The number of aryl methyl sites for hydroxylation is 1. The van der Waals surface area contributed by atoms with E-state index in [1.807, 2.05) is 0 Å². The van der Waals surface area contributed by atoms with Crippen LogP contribution in [0, 0.1) is 12.3 Å². The van der Waals surface area contributed by atoms with Crippen LogP contribution in [0.25, 0.3) is 0 Å². The Labute approximate surface area is 159 Å². The molecule has 1 unspecified atom stereocenters. The molecule has 1 atom stereocenters. The third kappa shape index (κ3) is 3.47. The van der Waals surface area contributed by atoms with Gasteiger partial charge in [0.2, 0.25) is 5.75 Å². The third-order valence-electron chi connectivity index (χ3n) is 4.25. The molecular weight excluding hydrogens is 383 g/mol. The van der Waals surface area contributed by atoms with Crippen molar-refractivity contribution in [1.82, 2.24) is 5.32 Å². The van der Waals surface area contributed by atoms with Gasteiger partial charge in [0.1, 0.15) is 0 Å². The normalized spacial score (nSPS) is 19.2. The van der Waals surface area contributed by atoms with Crippen LogP contribution in [0.5, 0.6) is 17.2 Å². The molecule has 0 fully saturated rings. The van der Waals surface area contributed by atoms with Crippen LogP contribution in [0.1, 0.15) is 15.9 Å². The molecule has 0 amide bonds. The molecule has 5 nitrogen and oxygen atoms in total. The Hall–Kier alpha value is -2.29. The van der Waals surface area contributed by atoms with Crippen molar-refractivity contribution < 1.29 is 32.2 Å². The summed E-state index contributed by atoms with van der Waals surface area (Å²) < 4.78 is 57.9. The van der Waals surface area contributed by atoms with E-state index >= 15 is 0 Å². The third-order valence-corrected chi connectivity index (χ3v) is 4.93. The topological polar surface area (TPSA) is 56.8 Å². The van der Waals surface area contributed by atoms with Gasteiger partial charge < -0.3 is 19.5 Å². The number of rotatable bonds is 6. The van der Waals surface area contributed by atoms with E-state index in [0.29, 0.717) is 0 Å². The number of carbonyl (C=O) groups is 1. The van der Waals surface area contributed by atoms with Crippen molar-refractivity contribution in [3.8, 4) is 17.2 Å². The van der Waals surface area contributed by atoms with E-state index < -0.39 is 17.4 Å². The van der Waals surface area contributed by atoms with Gasteiger partial charge in [0.25, 0.3) is 0 Å². The molecule has 0 aromatic heterocycles. The largest absolute Gasteiger partial charge is 0.493 e. The SMILES string of the molecule is COc1cc(C)c(C(=O)C2(C(F)(F)F)C=CNC(SC)=C2)c(OC)c1OC. The van der Waals surface area contributed by atoms with Gasteiger partial charge in [-0.05, 0) is 43.2 Å². The fraction of sp³-hybridized carbons (Fsp3) is 0.389. The molecular formula is C18H20F3NO4S. The quantitative estimate of drug-likeness (QED) is 0.723. The molecule has 0 spiro atoms. The Balaban J connectivity index is 2.80. The Morgan fingerprint density at radius 2 is 1.78 bits per heavy atom. The smallest absolute Gasteiger partial charge is 0.408 e. The summed E-state index contributed by atoms with van der Waals surface area (Å²) in [4.78, 5) is 13.3. The first kappa shape index (κ1) is 21.0. The second kappa shape index (κ2) is 7.75. The van der Waals surface area contributed by atoms with Crippen molar-refractivity contribution in [2.24, 2.45) is 5.41 Å². The van der Waals surface area contributed by atoms with Gasteiger partial charge in [-0.1, -0.05) is 0 Å². The zero-order chi connectivity index (χ0) is 20.4. The maximum atomic E-state index is 14.1. The lowest BCUT2D eigenvalue weighted by molar-refractivity contribution is -0.173. The summed E-state index contributed by atoms with van der Waals surface area (Å²) >= 11 is 1.08. The van der Waals surface area contributed by atoms with Gasteiger partial charge in [0.05, 0.1) is 31.9 Å². The van der Waals surface area contributed by atoms with E-state index in [9.17, 15) is 18.0 Å². The second-order valence-corrected chi connectivity index (χ2v) is 6.57. The van der Waals surface area contributed by atoms with Gasteiger partial charge in [-0.15, -0.1) is 11.8 Å². The van der Waals surface area contributed by atoms with Crippen molar-refractivity contribution in [1.29, 1.82) is 0 Å². The first-order chi connectivity index (χ1) is 12.7. The van der Waals surface area contributed by atoms with Crippen LogP contribution in [0.2, 0.25) is 0 Å². The van der Waals surface area contributed by atoms with Gasteiger partial charge >= 0.3 is 6.18 Å². The highest BCUT2D eigenvalue weighted by Crippen LogP contribution is 2.50. The summed E-state index contributed by atoms with van der Waals surface area (Å²) in [5.74, 6) is -0.951. The monoisotopic (exact) mass is 403 g/mol. The molecule has 1 aliphatic heterocycles. The van der Waals surface area contributed by atoms with Gasteiger partial charge in [0.15, 0.2) is 22.7 Å². The van der Waals surface area contributed by atoms with Gasteiger partial charge in [-0.25, -0.2) is 0 Å². The first-order valence-electron chi connectivity index (χ1n) is 7.79. The standard InChI is InChI=1S/C18H20F3NO4S/c1-10-8-11(24-2)14(25-3)15(26-4)13(10)16(23)17(18(19,20)21)6-7-22-12(9-17)27-5/h6-9,22H,1-5H3. The summed E-state index contributed by atoms with van der Waals surface area (Å²) in [7, 11) is 3.97. The Bertz CT molecular complexity index is 805. The summed E-state index contributed by atoms with van der Waals surface area (Å²) in [6, 6.07) is 1.45. The van der Waals surface area contributed by atoms with Crippen LogP contribution < -0.4 is 19.5 Å². The van der Waals surface area contributed by atoms with E-state index in [1.54, 1.807) is 6.26 Å². The predicted octanol–water partition coefficient (Wildman–Crippen LogP) is 4.07. The number of ether oxygens (including phenoxy) is 3. The molecule has 2 rings (SSSR count). The van der Waals surface area contributed by atoms with Crippen molar-refractivity contribution in [3.05, 3.63) is 40.6 Å². The van der Waals surface area contributed by atoms with Gasteiger partial charge in [0, 0.05) is 0 Å². The van der Waals surface area contributed by atoms with Crippen LogP contribution in [-0.4, -0.2) is 39.5 Å². The number of ketones is 1. The number of alkyl halides is 3. The zero-order valence-corrected chi connectivity index (χ0v) is 16.3. The maximum absolute atomic E-state index is 14.1. The second-order valence-electron chi connectivity index (χ2n) is 5.72. The molecule has 1 aromatic rings. The van der Waals surface area contributed by atoms with Crippen LogP contribution in [0.4, 0.5) is 13.2 Å². The minimum Gasteiger partial charge on any atom is -0.493 e. The number of allylic oxidation sites excluding steroid dienone is 2. The first-order valence-corrected chi connectivity index (χ1v) is 9.01. The van der Waals surface area contributed by atoms with E-state index in [1.165, 1.54) is 34.3 Å². The van der Waals surface area contributed by atoms with E-state index in [4.69, 9.17) is 14.2 Å². The lowest BCUT2D eigenvalue weighted by Gasteiger charge is -2.33. The number of benzene rings is 1. The number of carbonyl (C=O) groups excluding carboxylic acids is 1. The highest BCUT2D eigenvalue weighted by atomic mass is 32.2. The molecule has 27 heavy (non-hydrogen) atoms. The highest BCUT2D eigenvalue weighted by Gasteiger charge is 2.59. The van der Waals surface area contributed by atoms with Crippen LogP contribution >= 0.6 is 11.8 Å². The highest BCUT2D eigenvalue weighted by molar-refractivity contribution is 8.02. The van der Waals surface area contributed by atoms with Gasteiger partial charge in [-0.2, -0.15) is 13.2 Å². The minimum absolute atomic E-state index is 0.0539. The molecule has 0 bridgehead atoms. The fourth-order valence-electron chi connectivity index (χ4n) is 2.88. The number of hydrogen-bond acceptors (Lipinski definition) is 6. The number of nitrogens with one attached hydrogen (secondary N) is 1. The summed E-state index contributed by atoms with van der Waals surface area (Å²) in [5.41, 5.74) is -2.76. The summed E-state index contributed by atoms with van der Waals surface area (Å²) in [5, 5.41) is 2.92. The number of dihydropyridines is 1. The molecule has 148 valence electrons. The molecule has 0 saturated carbocycles. The molecule has 0 radical (unpaired) electrons. The maximum Gasteiger partial charge on any atom is 0.408 e. The van der Waals surface area contributed by atoms with Crippen LogP contribution in [0.15, 0.2) is 29.4 Å². The summed E-state index contributed by atoms with van der Waals surface area (Å²) in [6.45, 7) is 1.52. The van der Waals surface area contributed by atoms with Crippen LogP contribution in [-0.2, 0) is 0 Å². The molecule has 1 aromatic carbocycles. The number of halogens is 3. The number of methoxy groups -OCH3 is 3. The van der Waals surface area contributed by atoms with E-state index in [0.717, 1.165) is 30.1 Å². The van der Waals surface area contributed by atoms with E-state index in [-0.39, 0.29) is 33.4 Å². The number of thioether (sulfide) groups is 1. The minimum atomic E-state index is -4.85. The fourth-order valence-corrected chi connectivity index (χ4v) is 3.37. The molecule has 0 saturated heterocycles. The molecule has 1 N–H and O–H groups in total. The van der Waals surface area contributed by atoms with Crippen LogP contribution in [0.3, 0.4) is 0 Å². The Morgan fingerprint density at radius 3 is 2.26 bits per heavy atom. The molecule has 9 heteroatoms. The van der Waals surface area contributed by atoms with Crippen molar-refractivity contribution >= 4 is 17.5 Å². The molecule has 1 heterocycles. The molecule has 0 aliphatic carbocycles. The van der Waals surface area contributed by atoms with Crippen molar-refractivity contribution in [2.45, 2.75) is 13.1 Å². The molecule has 1 aliphatic rings. The number of Topliss-reactive ketones (excluding diaryl/α,β-unsaturated/α-hetero) is 1. The average Bonchev–Trinajstić information content (AvgIpc) is 2.65. The average molecular weight is 403 g/mol. The Kier molecular flexibility index (Phi) is 6.04. The van der Waals surface area contributed by atoms with E-state index in [2.05, 4.69) is 5.32 Å². The zero-order valence-electron chi connectivity index (χ0n) is 15.5. The predicted molar refractivity (Wildman–Crippen MR) is 97.5 cm³/mol. The number of hydrogen-bond donors (Lipinski definition) is 1. The Morgan fingerprint density at radius 1 is 1.15 bits per heavy atom. The lowest BCUT2D eigenvalue weighted by atomic mass is 9.77.